The lowest BCUT2D eigenvalue weighted by Gasteiger charge is -2.27. The molecule has 0 saturated carbocycles. The highest BCUT2D eigenvalue weighted by molar-refractivity contribution is 6.07. The van der Waals surface area contributed by atoms with E-state index in [4.69, 9.17) is 9.47 Å². The second-order valence-electron chi connectivity index (χ2n) is 7.56. The largest absolute Gasteiger partial charge is 0.489 e. The van der Waals surface area contributed by atoms with Crippen molar-refractivity contribution in [3.63, 3.8) is 0 Å². The molecule has 4 nitrogen and oxygen atoms in total. The minimum Gasteiger partial charge on any atom is -0.489 e. The van der Waals surface area contributed by atoms with E-state index in [1.165, 1.54) is 0 Å². The van der Waals surface area contributed by atoms with Crippen molar-refractivity contribution in [2.24, 2.45) is 0 Å². The number of carbonyl (C=O) groups excluding carboxylic acids is 1. The Kier molecular flexibility index (Phi) is 6.32. The third kappa shape index (κ3) is 4.61. The number of hydrogen-bond donors (Lipinski definition) is 0. The number of ketones is 1. The molecule has 0 saturated heterocycles. The van der Waals surface area contributed by atoms with Crippen molar-refractivity contribution in [2.75, 3.05) is 6.61 Å². The van der Waals surface area contributed by atoms with Gasteiger partial charge in [-0.05, 0) is 37.0 Å². The van der Waals surface area contributed by atoms with Crippen LogP contribution < -0.4 is 9.47 Å². The number of nitrogens with zero attached hydrogens (tertiary/aromatic N) is 1. The van der Waals surface area contributed by atoms with Crippen LogP contribution in [-0.4, -0.2) is 29.4 Å². The fourth-order valence-corrected chi connectivity index (χ4v) is 3.85. The summed E-state index contributed by atoms with van der Waals surface area (Å²) in [4.78, 5) is 14.7. The third-order valence-corrected chi connectivity index (χ3v) is 5.60. The number of hydrogen-bond acceptors (Lipinski definition) is 4. The van der Waals surface area contributed by atoms with Gasteiger partial charge in [-0.1, -0.05) is 50.3 Å². The zero-order valence-corrected chi connectivity index (χ0v) is 18.4. The highest BCUT2D eigenvalue weighted by atomic mass is 16.5. The first-order valence-electron chi connectivity index (χ1n) is 11.1. The fourth-order valence-electron chi connectivity index (χ4n) is 3.85. The summed E-state index contributed by atoms with van der Waals surface area (Å²) in [5.41, 5.74) is 4.22. The first-order chi connectivity index (χ1) is 15.2. The number of aryl methyl sites for hydroxylation is 1. The average Bonchev–Trinajstić information content (AvgIpc) is 3.63. The fraction of sp³-hybridized carbons (Fsp3) is 0.333. The zero-order valence-electron chi connectivity index (χ0n) is 18.4. The molecule has 0 N–H and O–H groups in total. The normalized spacial score (nSPS) is 22.0. The van der Waals surface area contributed by atoms with Gasteiger partial charge in [-0.2, -0.15) is 0 Å². The summed E-state index contributed by atoms with van der Waals surface area (Å²) in [6.45, 7) is 6.53. The lowest BCUT2D eigenvalue weighted by molar-refractivity contribution is -0.122. The molecule has 31 heavy (non-hydrogen) atoms. The van der Waals surface area contributed by atoms with E-state index in [0.29, 0.717) is 6.61 Å². The van der Waals surface area contributed by atoms with Gasteiger partial charge in [0, 0.05) is 42.1 Å². The summed E-state index contributed by atoms with van der Waals surface area (Å²) in [5, 5.41) is 0. The van der Waals surface area contributed by atoms with Crippen molar-refractivity contribution < 1.29 is 14.3 Å². The second-order valence-corrected chi connectivity index (χ2v) is 7.56. The van der Waals surface area contributed by atoms with Crippen LogP contribution in [0.1, 0.15) is 39.2 Å². The Bertz CT molecular complexity index is 1050. The number of ether oxygens (including phenoxy) is 2. The van der Waals surface area contributed by atoms with E-state index < -0.39 is 0 Å². The van der Waals surface area contributed by atoms with Crippen LogP contribution in [0.2, 0.25) is 0 Å². The predicted molar refractivity (Wildman–Crippen MR) is 122 cm³/mol. The Morgan fingerprint density at radius 2 is 2.19 bits per heavy atom. The smallest absolute Gasteiger partial charge is 0.199 e. The highest BCUT2D eigenvalue weighted by Crippen LogP contribution is 2.37. The van der Waals surface area contributed by atoms with Crippen LogP contribution in [0.15, 0.2) is 65.5 Å². The first kappa shape index (κ1) is 21.1. The molecule has 0 bridgehead atoms. The molecule has 159 valence electrons. The van der Waals surface area contributed by atoms with Gasteiger partial charge in [0.25, 0.3) is 0 Å². The van der Waals surface area contributed by atoms with E-state index in [-0.39, 0.29) is 17.9 Å². The molecule has 0 aromatic heterocycles. The van der Waals surface area contributed by atoms with Gasteiger partial charge in [0.1, 0.15) is 24.1 Å². The van der Waals surface area contributed by atoms with Gasteiger partial charge in [-0.3, -0.25) is 4.79 Å². The van der Waals surface area contributed by atoms with Crippen LogP contribution in [0, 0.1) is 18.3 Å². The molecule has 2 unspecified atom stereocenters. The maximum absolute atomic E-state index is 12.6. The molecular formula is C27H28NO3. The van der Waals surface area contributed by atoms with Crippen molar-refractivity contribution in [2.45, 2.75) is 52.2 Å². The van der Waals surface area contributed by atoms with Gasteiger partial charge < -0.3 is 14.4 Å². The maximum Gasteiger partial charge on any atom is 0.199 e. The van der Waals surface area contributed by atoms with Crippen molar-refractivity contribution in [3.05, 3.63) is 77.5 Å². The molecule has 0 amide bonds. The number of carbonyl (C=O) groups is 1. The van der Waals surface area contributed by atoms with Gasteiger partial charge in [0.05, 0.1) is 0 Å². The molecule has 0 fully saturated rings. The Morgan fingerprint density at radius 1 is 1.32 bits per heavy atom. The molecule has 4 aliphatic rings. The Balaban J connectivity index is 0.00000112. The van der Waals surface area contributed by atoms with Crippen LogP contribution in [0.25, 0.3) is 0 Å². The van der Waals surface area contributed by atoms with Gasteiger partial charge >= 0.3 is 0 Å². The second kappa shape index (κ2) is 9.31. The maximum atomic E-state index is 12.6. The predicted octanol–water partition coefficient (Wildman–Crippen LogP) is 4.93. The Hall–Kier alpha value is -3.19. The number of rotatable bonds is 6. The monoisotopic (exact) mass is 414 g/mol. The minimum atomic E-state index is -0.388. The van der Waals surface area contributed by atoms with Crippen LogP contribution >= 0.6 is 0 Å². The molecule has 1 aromatic carbocycles. The summed E-state index contributed by atoms with van der Waals surface area (Å²) in [7, 11) is 0. The molecule has 3 aliphatic heterocycles. The average molecular weight is 415 g/mol. The van der Waals surface area contributed by atoms with Crippen molar-refractivity contribution in [1.29, 1.82) is 0 Å². The molecule has 4 heteroatoms. The molecule has 2 atom stereocenters. The Labute approximate surface area is 184 Å². The van der Waals surface area contributed by atoms with E-state index in [9.17, 15) is 4.79 Å². The molecule has 3 heterocycles. The molecule has 1 radical (unpaired) electrons. The van der Waals surface area contributed by atoms with Gasteiger partial charge in [0.2, 0.25) is 0 Å². The van der Waals surface area contributed by atoms with E-state index in [2.05, 4.69) is 42.0 Å². The number of benzene rings is 1. The minimum absolute atomic E-state index is 0.113. The number of allylic oxidation sites excluding steroid dienone is 2. The Morgan fingerprint density at radius 3 is 3.00 bits per heavy atom. The van der Waals surface area contributed by atoms with E-state index in [0.717, 1.165) is 53.0 Å². The van der Waals surface area contributed by atoms with Crippen LogP contribution in [0.3, 0.4) is 0 Å². The molecule has 0 spiro atoms. The van der Waals surface area contributed by atoms with Gasteiger partial charge in [-0.15, -0.1) is 0 Å². The quantitative estimate of drug-likeness (QED) is 0.619. The summed E-state index contributed by atoms with van der Waals surface area (Å²) < 4.78 is 12.0. The van der Waals surface area contributed by atoms with Gasteiger partial charge in [-0.25, -0.2) is 0 Å². The topological polar surface area (TPSA) is 38.8 Å². The molecule has 1 aromatic rings. The van der Waals surface area contributed by atoms with Crippen LogP contribution in [-0.2, 0) is 11.2 Å². The SMILES string of the molecule is CC.CCC1=C(C(=O)C2CCc3ccc(OCC4=CN5C=CC#CC5C=C4)cc3O2)[CH]1. The zero-order chi connectivity index (χ0) is 21.8. The lowest BCUT2D eigenvalue weighted by Crippen LogP contribution is -2.30. The molecule has 1 aliphatic carbocycles. The van der Waals surface area contributed by atoms with Crippen molar-refractivity contribution in [3.8, 4) is 23.3 Å². The van der Waals surface area contributed by atoms with Gasteiger partial charge in [0.15, 0.2) is 11.9 Å². The lowest BCUT2D eigenvalue weighted by atomic mass is 9.98. The summed E-state index contributed by atoms with van der Waals surface area (Å²) in [6.07, 6.45) is 14.1. The summed E-state index contributed by atoms with van der Waals surface area (Å²) >= 11 is 0. The van der Waals surface area contributed by atoms with E-state index in [1.54, 1.807) is 0 Å². The highest BCUT2D eigenvalue weighted by Gasteiger charge is 2.35. The van der Waals surface area contributed by atoms with Crippen molar-refractivity contribution in [1.82, 2.24) is 4.90 Å². The van der Waals surface area contributed by atoms with Crippen LogP contribution in [0.5, 0.6) is 11.5 Å². The molecular weight excluding hydrogens is 386 g/mol. The van der Waals surface area contributed by atoms with E-state index in [1.807, 2.05) is 50.7 Å². The van der Waals surface area contributed by atoms with E-state index >= 15 is 0 Å². The summed E-state index contributed by atoms with van der Waals surface area (Å²) in [6, 6.07) is 6.03. The summed E-state index contributed by atoms with van der Waals surface area (Å²) in [5.74, 6) is 7.75. The number of Topliss-reactive ketones (excluding diaryl/α,β-unsaturated/α-hetero) is 1. The first-order valence-corrected chi connectivity index (χ1v) is 11.1. The van der Waals surface area contributed by atoms with Crippen molar-refractivity contribution >= 4 is 5.78 Å². The molecule has 5 rings (SSSR count). The van der Waals surface area contributed by atoms with Crippen LogP contribution in [0.4, 0.5) is 0 Å². The number of fused-ring (bicyclic) bond motifs is 2. The standard InChI is InChI=1S/C25H22NO3.C2H6/c1-2-18-13-22(18)25(27)23-11-8-19-7-10-21(14-24(19)29-23)28-16-17-6-9-20-5-3-4-12-26(20)15-17;1-2/h4,6-7,9-10,12-15,20,23H,2,8,11,16H2,1H3;1-2H3. The third-order valence-electron chi connectivity index (χ3n) is 5.60.